The molecule has 29 heavy (non-hydrogen) atoms. The summed E-state index contributed by atoms with van der Waals surface area (Å²) in [7, 11) is 1.69. The Balaban J connectivity index is 1.43. The van der Waals surface area contributed by atoms with Crippen molar-refractivity contribution in [3.05, 3.63) is 59.7 Å². The van der Waals surface area contributed by atoms with Crippen LogP contribution in [0.25, 0.3) is 0 Å². The molecule has 2 N–H and O–H groups in total. The molecular weight excluding hydrogens is 364 g/mol. The number of carbonyl (C=O) groups excluding carboxylic acids is 2. The second kappa shape index (κ2) is 9.56. The topological polar surface area (TPSA) is 57.1 Å². The van der Waals surface area contributed by atoms with Crippen molar-refractivity contribution in [2.45, 2.75) is 13.8 Å². The highest BCUT2D eigenvalue weighted by molar-refractivity contribution is 5.94. The van der Waals surface area contributed by atoms with E-state index in [1.807, 2.05) is 31.2 Å². The minimum Gasteiger partial charge on any atom is -0.360 e. The van der Waals surface area contributed by atoms with Crippen LogP contribution < -0.4 is 15.1 Å². The van der Waals surface area contributed by atoms with Gasteiger partial charge in [0.15, 0.2) is 6.54 Å². The SMILES string of the molecule is Cc1ccc(NC(=O)CN(C)C(=O)C[NH+]2CCN(c3ccccc3C)CC2)cc1. The molecule has 0 atom stereocenters. The maximum absolute atomic E-state index is 12.6. The fraction of sp³-hybridized carbons (Fsp3) is 0.391. The van der Waals surface area contributed by atoms with Crippen LogP contribution in [0, 0.1) is 13.8 Å². The molecule has 1 aliphatic rings. The number of para-hydroxylation sites is 1. The van der Waals surface area contributed by atoms with Crippen molar-refractivity contribution < 1.29 is 14.5 Å². The summed E-state index contributed by atoms with van der Waals surface area (Å²) in [4.78, 5) is 30.0. The lowest BCUT2D eigenvalue weighted by atomic mass is 10.1. The summed E-state index contributed by atoms with van der Waals surface area (Å²) >= 11 is 0. The molecule has 2 amide bonds. The molecule has 1 heterocycles. The van der Waals surface area contributed by atoms with Gasteiger partial charge in [0, 0.05) is 18.4 Å². The number of hydrogen-bond acceptors (Lipinski definition) is 3. The zero-order chi connectivity index (χ0) is 20.8. The maximum Gasteiger partial charge on any atom is 0.277 e. The number of nitrogens with zero attached hydrogens (tertiary/aromatic N) is 2. The lowest BCUT2D eigenvalue weighted by molar-refractivity contribution is -0.892. The van der Waals surface area contributed by atoms with E-state index in [9.17, 15) is 9.59 Å². The maximum atomic E-state index is 12.6. The van der Waals surface area contributed by atoms with Gasteiger partial charge in [0.1, 0.15) is 0 Å². The first-order chi connectivity index (χ1) is 13.9. The summed E-state index contributed by atoms with van der Waals surface area (Å²) in [5.74, 6) is -0.174. The summed E-state index contributed by atoms with van der Waals surface area (Å²) in [6.45, 7) is 8.34. The van der Waals surface area contributed by atoms with E-state index in [2.05, 4.69) is 41.4 Å². The fourth-order valence-corrected chi connectivity index (χ4v) is 3.65. The quantitative estimate of drug-likeness (QED) is 0.770. The minimum absolute atomic E-state index is 0.00315. The number of quaternary nitrogens is 1. The first kappa shape index (κ1) is 20.9. The minimum atomic E-state index is -0.177. The molecule has 154 valence electrons. The van der Waals surface area contributed by atoms with Crippen LogP contribution in [-0.4, -0.2) is 63.0 Å². The normalized spacial score (nSPS) is 14.5. The predicted molar refractivity (Wildman–Crippen MR) is 116 cm³/mol. The Morgan fingerprint density at radius 1 is 1.03 bits per heavy atom. The largest absolute Gasteiger partial charge is 0.360 e. The molecule has 0 radical (unpaired) electrons. The van der Waals surface area contributed by atoms with Crippen molar-refractivity contribution in [3.63, 3.8) is 0 Å². The van der Waals surface area contributed by atoms with Crippen molar-refractivity contribution in [2.24, 2.45) is 0 Å². The molecule has 6 heteroatoms. The third-order valence-electron chi connectivity index (χ3n) is 5.47. The predicted octanol–water partition coefficient (Wildman–Crippen LogP) is 1.11. The lowest BCUT2D eigenvalue weighted by Gasteiger charge is -2.34. The number of rotatable bonds is 6. The lowest BCUT2D eigenvalue weighted by Crippen LogP contribution is -3.15. The Morgan fingerprint density at radius 3 is 2.34 bits per heavy atom. The number of hydrogen-bond donors (Lipinski definition) is 2. The molecule has 2 aromatic carbocycles. The first-order valence-corrected chi connectivity index (χ1v) is 10.2. The average Bonchev–Trinajstić information content (AvgIpc) is 2.71. The molecule has 6 nitrogen and oxygen atoms in total. The molecule has 1 saturated heterocycles. The van der Waals surface area contributed by atoms with Gasteiger partial charge in [0.25, 0.3) is 5.91 Å². The van der Waals surface area contributed by atoms with Crippen LogP contribution in [0.4, 0.5) is 11.4 Å². The van der Waals surface area contributed by atoms with Gasteiger partial charge in [-0.2, -0.15) is 0 Å². The molecule has 3 rings (SSSR count). The highest BCUT2D eigenvalue weighted by atomic mass is 16.2. The van der Waals surface area contributed by atoms with Crippen molar-refractivity contribution in [1.82, 2.24) is 4.90 Å². The molecular formula is C23H31N4O2+. The summed E-state index contributed by atoms with van der Waals surface area (Å²) < 4.78 is 0. The van der Waals surface area contributed by atoms with Gasteiger partial charge in [0.2, 0.25) is 5.91 Å². The highest BCUT2D eigenvalue weighted by Gasteiger charge is 2.25. The van der Waals surface area contributed by atoms with Gasteiger partial charge in [0.05, 0.1) is 32.7 Å². The second-order valence-electron chi connectivity index (χ2n) is 7.86. The average molecular weight is 396 g/mol. The van der Waals surface area contributed by atoms with Gasteiger partial charge in [-0.05, 0) is 37.6 Å². The van der Waals surface area contributed by atoms with Crippen LogP contribution in [0.1, 0.15) is 11.1 Å². The van der Waals surface area contributed by atoms with Gasteiger partial charge >= 0.3 is 0 Å². The monoisotopic (exact) mass is 395 g/mol. The van der Waals surface area contributed by atoms with E-state index in [1.165, 1.54) is 21.1 Å². The Bertz CT molecular complexity index is 842. The molecule has 0 unspecified atom stereocenters. The Morgan fingerprint density at radius 2 is 1.69 bits per heavy atom. The van der Waals surface area contributed by atoms with E-state index in [-0.39, 0.29) is 18.4 Å². The van der Waals surface area contributed by atoms with Crippen molar-refractivity contribution in [1.29, 1.82) is 0 Å². The van der Waals surface area contributed by atoms with Crippen LogP contribution in [-0.2, 0) is 9.59 Å². The number of benzene rings is 2. The molecule has 0 aromatic heterocycles. The third kappa shape index (κ3) is 5.81. The number of nitrogens with one attached hydrogen (secondary N) is 2. The number of piperazine rings is 1. The van der Waals surface area contributed by atoms with Gasteiger partial charge in [-0.3, -0.25) is 9.59 Å². The smallest absolute Gasteiger partial charge is 0.277 e. The summed E-state index contributed by atoms with van der Waals surface area (Å²) in [5.41, 5.74) is 4.45. The second-order valence-corrected chi connectivity index (χ2v) is 7.86. The van der Waals surface area contributed by atoms with E-state index in [0.717, 1.165) is 37.4 Å². The summed E-state index contributed by atoms with van der Waals surface area (Å²) in [6.07, 6.45) is 0. The standard InChI is InChI=1S/C23H30N4O2/c1-18-8-10-20(11-9-18)24-22(28)16-25(3)23(29)17-26-12-14-27(15-13-26)21-7-5-4-6-19(21)2/h4-11H,12-17H2,1-3H3,(H,24,28)/p+1. The number of anilines is 2. The van der Waals surface area contributed by atoms with Crippen LogP contribution in [0.2, 0.25) is 0 Å². The molecule has 2 aromatic rings. The molecule has 1 fully saturated rings. The van der Waals surface area contributed by atoms with Gasteiger partial charge in [-0.15, -0.1) is 0 Å². The summed E-state index contributed by atoms with van der Waals surface area (Å²) in [5, 5.41) is 2.84. The van der Waals surface area contributed by atoms with Crippen LogP contribution in [0.3, 0.4) is 0 Å². The van der Waals surface area contributed by atoms with Gasteiger partial charge in [-0.25, -0.2) is 0 Å². The number of aryl methyl sites for hydroxylation is 2. The zero-order valence-electron chi connectivity index (χ0n) is 17.6. The van der Waals surface area contributed by atoms with Crippen molar-refractivity contribution >= 4 is 23.2 Å². The number of likely N-dealkylation sites (N-methyl/N-ethyl adjacent to an activating group) is 1. The van der Waals surface area contributed by atoms with Crippen molar-refractivity contribution in [2.75, 3.05) is 56.5 Å². The Labute approximate surface area is 173 Å². The van der Waals surface area contributed by atoms with Crippen molar-refractivity contribution in [3.8, 4) is 0 Å². The van der Waals surface area contributed by atoms with E-state index in [4.69, 9.17) is 0 Å². The molecule has 0 bridgehead atoms. The van der Waals surface area contributed by atoms with E-state index in [0.29, 0.717) is 6.54 Å². The van der Waals surface area contributed by atoms with E-state index >= 15 is 0 Å². The number of carbonyl (C=O) groups is 2. The van der Waals surface area contributed by atoms with E-state index in [1.54, 1.807) is 7.05 Å². The fourth-order valence-electron chi connectivity index (χ4n) is 3.65. The highest BCUT2D eigenvalue weighted by Crippen LogP contribution is 2.18. The van der Waals surface area contributed by atoms with Crippen LogP contribution in [0.15, 0.2) is 48.5 Å². The molecule has 1 aliphatic heterocycles. The van der Waals surface area contributed by atoms with Crippen LogP contribution >= 0.6 is 0 Å². The third-order valence-corrected chi connectivity index (χ3v) is 5.47. The molecule has 0 spiro atoms. The van der Waals surface area contributed by atoms with E-state index < -0.39 is 0 Å². The first-order valence-electron chi connectivity index (χ1n) is 10.2. The van der Waals surface area contributed by atoms with Gasteiger partial charge < -0.3 is 20.0 Å². The summed E-state index contributed by atoms with van der Waals surface area (Å²) in [6, 6.07) is 16.1. The molecule has 0 aliphatic carbocycles. The van der Waals surface area contributed by atoms with Gasteiger partial charge in [-0.1, -0.05) is 35.9 Å². The van der Waals surface area contributed by atoms with Crippen LogP contribution in [0.5, 0.6) is 0 Å². The number of amides is 2. The molecule has 0 saturated carbocycles. The Hall–Kier alpha value is -2.86. The Kier molecular flexibility index (Phi) is 6.88. The zero-order valence-corrected chi connectivity index (χ0v) is 17.6.